The van der Waals surface area contributed by atoms with Crippen LogP contribution in [0.25, 0.3) is 0 Å². The van der Waals surface area contributed by atoms with Gasteiger partial charge in [0.25, 0.3) is 0 Å². The number of hydrogen-bond donors (Lipinski definition) is 1. The van der Waals surface area contributed by atoms with E-state index in [0.717, 1.165) is 11.3 Å². The lowest BCUT2D eigenvalue weighted by molar-refractivity contribution is -0.132. The second-order valence-electron chi connectivity index (χ2n) is 5.02. The Morgan fingerprint density at radius 2 is 2.00 bits per heavy atom. The van der Waals surface area contributed by atoms with Crippen molar-refractivity contribution in [1.82, 2.24) is 4.90 Å². The van der Waals surface area contributed by atoms with E-state index in [1.165, 1.54) is 0 Å². The van der Waals surface area contributed by atoms with Gasteiger partial charge in [-0.2, -0.15) is 0 Å². The Morgan fingerprint density at radius 3 is 2.62 bits per heavy atom. The van der Waals surface area contributed by atoms with Gasteiger partial charge in [0.2, 0.25) is 5.91 Å². The minimum absolute atomic E-state index is 0.0497. The van der Waals surface area contributed by atoms with Gasteiger partial charge in [0.15, 0.2) is 0 Å². The third kappa shape index (κ3) is 4.20. The summed E-state index contributed by atoms with van der Waals surface area (Å²) in [5, 5.41) is 9.26. The van der Waals surface area contributed by atoms with Crippen molar-refractivity contribution in [1.29, 1.82) is 0 Å². The Bertz CT molecular complexity index is 536. The van der Waals surface area contributed by atoms with E-state index in [2.05, 4.69) is 0 Å². The van der Waals surface area contributed by atoms with E-state index < -0.39 is 0 Å². The molecule has 1 unspecified atom stereocenters. The first-order valence-electron chi connectivity index (χ1n) is 7.16. The molecule has 0 aliphatic carbocycles. The van der Waals surface area contributed by atoms with Crippen molar-refractivity contribution in [2.45, 2.75) is 25.3 Å². The SMILES string of the molecule is CN(C(=O)CCc1ccco1)C(CCO)c1ccccc1. The highest BCUT2D eigenvalue weighted by molar-refractivity contribution is 5.76. The average Bonchev–Trinajstić information content (AvgIpc) is 3.04. The van der Waals surface area contributed by atoms with Crippen LogP contribution in [0, 0.1) is 0 Å². The van der Waals surface area contributed by atoms with Gasteiger partial charge >= 0.3 is 0 Å². The molecule has 1 aromatic heterocycles. The molecule has 0 fully saturated rings. The molecule has 0 saturated heterocycles. The summed E-state index contributed by atoms with van der Waals surface area (Å²) < 4.78 is 5.25. The maximum atomic E-state index is 12.3. The van der Waals surface area contributed by atoms with E-state index in [4.69, 9.17) is 4.42 Å². The lowest BCUT2D eigenvalue weighted by Gasteiger charge is -2.28. The number of aliphatic hydroxyl groups is 1. The fourth-order valence-corrected chi connectivity index (χ4v) is 2.42. The molecule has 0 aliphatic rings. The third-order valence-corrected chi connectivity index (χ3v) is 3.61. The molecule has 1 aromatic carbocycles. The number of carbonyl (C=O) groups is 1. The van der Waals surface area contributed by atoms with Crippen molar-refractivity contribution in [3.05, 3.63) is 60.1 Å². The molecule has 2 aromatic rings. The van der Waals surface area contributed by atoms with E-state index >= 15 is 0 Å². The molecular weight excluding hydrogens is 266 g/mol. The van der Waals surface area contributed by atoms with Crippen LogP contribution in [0.1, 0.15) is 30.2 Å². The Balaban J connectivity index is 2.00. The molecule has 1 amide bonds. The van der Waals surface area contributed by atoms with Gasteiger partial charge in [-0.25, -0.2) is 0 Å². The van der Waals surface area contributed by atoms with Crippen molar-refractivity contribution >= 4 is 5.91 Å². The summed E-state index contributed by atoms with van der Waals surface area (Å²) in [7, 11) is 1.79. The first kappa shape index (κ1) is 15.3. The number of amides is 1. The zero-order valence-electron chi connectivity index (χ0n) is 12.2. The van der Waals surface area contributed by atoms with E-state index in [1.807, 2.05) is 42.5 Å². The molecule has 4 nitrogen and oxygen atoms in total. The van der Waals surface area contributed by atoms with Crippen LogP contribution in [0.3, 0.4) is 0 Å². The summed E-state index contributed by atoms with van der Waals surface area (Å²) in [6.07, 6.45) is 3.14. The standard InChI is InChI=1S/C17H21NO3/c1-18(17(20)10-9-15-8-5-13-21-15)16(11-12-19)14-6-3-2-4-7-14/h2-8,13,16,19H,9-12H2,1H3. The zero-order valence-corrected chi connectivity index (χ0v) is 12.2. The van der Waals surface area contributed by atoms with Crippen LogP contribution in [-0.2, 0) is 11.2 Å². The number of aryl methyl sites for hydroxylation is 1. The van der Waals surface area contributed by atoms with Crippen LogP contribution in [-0.4, -0.2) is 29.6 Å². The monoisotopic (exact) mass is 287 g/mol. The molecule has 112 valence electrons. The van der Waals surface area contributed by atoms with Crippen LogP contribution < -0.4 is 0 Å². The van der Waals surface area contributed by atoms with Crippen molar-refractivity contribution in [3.8, 4) is 0 Å². The molecule has 0 bridgehead atoms. The number of rotatable bonds is 7. The smallest absolute Gasteiger partial charge is 0.223 e. The summed E-state index contributed by atoms with van der Waals surface area (Å²) in [6, 6.07) is 13.4. The van der Waals surface area contributed by atoms with Gasteiger partial charge in [0, 0.05) is 26.5 Å². The number of benzene rings is 1. The Hall–Kier alpha value is -2.07. The highest BCUT2D eigenvalue weighted by atomic mass is 16.3. The third-order valence-electron chi connectivity index (χ3n) is 3.61. The van der Waals surface area contributed by atoms with E-state index in [0.29, 0.717) is 19.3 Å². The molecule has 21 heavy (non-hydrogen) atoms. The Kier molecular flexibility index (Phi) is 5.58. The summed E-state index contributed by atoms with van der Waals surface area (Å²) in [5.41, 5.74) is 1.04. The van der Waals surface area contributed by atoms with Crippen molar-refractivity contribution in [3.63, 3.8) is 0 Å². The maximum absolute atomic E-state index is 12.3. The van der Waals surface area contributed by atoms with E-state index in [-0.39, 0.29) is 18.6 Å². The summed E-state index contributed by atoms with van der Waals surface area (Å²) >= 11 is 0. The molecule has 0 spiro atoms. The zero-order chi connectivity index (χ0) is 15.1. The number of hydrogen-bond acceptors (Lipinski definition) is 3. The normalized spacial score (nSPS) is 12.1. The number of nitrogens with zero attached hydrogens (tertiary/aromatic N) is 1. The minimum Gasteiger partial charge on any atom is -0.469 e. The summed E-state index contributed by atoms with van der Waals surface area (Å²) in [6.45, 7) is 0.0510. The van der Waals surface area contributed by atoms with Gasteiger partial charge in [0.1, 0.15) is 5.76 Å². The lowest BCUT2D eigenvalue weighted by Crippen LogP contribution is -2.32. The van der Waals surface area contributed by atoms with Crippen molar-refractivity contribution < 1.29 is 14.3 Å². The highest BCUT2D eigenvalue weighted by Gasteiger charge is 2.21. The minimum atomic E-state index is -0.0969. The number of aliphatic hydroxyl groups excluding tert-OH is 1. The molecule has 1 heterocycles. The average molecular weight is 287 g/mol. The molecular formula is C17H21NO3. The molecule has 0 saturated carbocycles. The molecule has 4 heteroatoms. The van der Waals surface area contributed by atoms with Crippen LogP contribution in [0.2, 0.25) is 0 Å². The van der Waals surface area contributed by atoms with Crippen molar-refractivity contribution in [2.24, 2.45) is 0 Å². The Morgan fingerprint density at radius 1 is 1.24 bits per heavy atom. The van der Waals surface area contributed by atoms with Gasteiger partial charge in [-0.15, -0.1) is 0 Å². The lowest BCUT2D eigenvalue weighted by atomic mass is 10.0. The van der Waals surface area contributed by atoms with Gasteiger partial charge < -0.3 is 14.4 Å². The van der Waals surface area contributed by atoms with Crippen LogP contribution >= 0.6 is 0 Å². The van der Waals surface area contributed by atoms with Gasteiger partial charge in [-0.1, -0.05) is 30.3 Å². The van der Waals surface area contributed by atoms with Gasteiger partial charge in [-0.05, 0) is 24.1 Å². The van der Waals surface area contributed by atoms with Gasteiger partial charge in [-0.3, -0.25) is 4.79 Å². The summed E-state index contributed by atoms with van der Waals surface area (Å²) in [4.78, 5) is 14.0. The van der Waals surface area contributed by atoms with Crippen LogP contribution in [0.5, 0.6) is 0 Å². The van der Waals surface area contributed by atoms with E-state index in [1.54, 1.807) is 18.2 Å². The van der Waals surface area contributed by atoms with Crippen molar-refractivity contribution in [2.75, 3.05) is 13.7 Å². The number of carbonyl (C=O) groups excluding carboxylic acids is 1. The molecule has 1 N–H and O–H groups in total. The topological polar surface area (TPSA) is 53.7 Å². The quantitative estimate of drug-likeness (QED) is 0.852. The largest absolute Gasteiger partial charge is 0.469 e. The van der Waals surface area contributed by atoms with Crippen LogP contribution in [0.4, 0.5) is 0 Å². The first-order chi connectivity index (χ1) is 10.2. The fraction of sp³-hybridized carbons (Fsp3) is 0.353. The van der Waals surface area contributed by atoms with Crippen LogP contribution in [0.15, 0.2) is 53.1 Å². The number of furan rings is 1. The second-order valence-corrected chi connectivity index (χ2v) is 5.02. The molecule has 0 aliphatic heterocycles. The predicted octanol–water partition coefficient (Wildman–Crippen LogP) is 2.79. The maximum Gasteiger partial charge on any atom is 0.223 e. The first-order valence-corrected chi connectivity index (χ1v) is 7.16. The molecule has 1 atom stereocenters. The molecule has 2 rings (SSSR count). The highest BCUT2D eigenvalue weighted by Crippen LogP contribution is 2.23. The Labute approximate surface area is 125 Å². The summed E-state index contributed by atoms with van der Waals surface area (Å²) in [5.74, 6) is 0.865. The fourth-order valence-electron chi connectivity index (χ4n) is 2.42. The van der Waals surface area contributed by atoms with E-state index in [9.17, 15) is 9.90 Å². The van der Waals surface area contributed by atoms with Gasteiger partial charge in [0.05, 0.1) is 12.3 Å². The predicted molar refractivity (Wildman–Crippen MR) is 80.7 cm³/mol. The molecule has 0 radical (unpaired) electrons. The second kappa shape index (κ2) is 7.64.